The van der Waals surface area contributed by atoms with Gasteiger partial charge in [0.15, 0.2) is 0 Å². The Morgan fingerprint density at radius 1 is 1.47 bits per heavy atom. The molecule has 100 valence electrons. The first kappa shape index (κ1) is 13.4. The van der Waals surface area contributed by atoms with Crippen molar-refractivity contribution in [3.63, 3.8) is 0 Å². The van der Waals surface area contributed by atoms with Crippen LogP contribution in [0.5, 0.6) is 0 Å². The molecule has 0 radical (unpaired) electrons. The Bertz CT molecular complexity index is 569. The Morgan fingerprint density at radius 2 is 2.26 bits per heavy atom. The number of non-ortho nitro benzene ring substituents is 1. The van der Waals surface area contributed by atoms with Gasteiger partial charge in [-0.3, -0.25) is 10.1 Å². The average molecular weight is 281 g/mol. The maximum Gasteiger partial charge on any atom is 0.271 e. The van der Waals surface area contributed by atoms with E-state index in [2.05, 4.69) is 5.32 Å². The molecule has 1 unspecified atom stereocenters. The van der Waals surface area contributed by atoms with Gasteiger partial charge in [0.25, 0.3) is 5.69 Å². The van der Waals surface area contributed by atoms with Gasteiger partial charge in [-0.2, -0.15) is 0 Å². The van der Waals surface area contributed by atoms with Crippen LogP contribution >= 0.6 is 11.6 Å². The van der Waals surface area contributed by atoms with Gasteiger partial charge in [-0.05, 0) is 25.1 Å². The Morgan fingerprint density at radius 3 is 2.89 bits per heavy atom. The first-order chi connectivity index (χ1) is 9.06. The molecule has 0 spiro atoms. The lowest BCUT2D eigenvalue weighted by Gasteiger charge is -2.15. The number of nitro groups is 1. The Labute approximate surface area is 115 Å². The molecule has 0 amide bonds. The lowest BCUT2D eigenvalue weighted by atomic mass is 10.2. The van der Waals surface area contributed by atoms with Crippen molar-refractivity contribution in [1.82, 2.24) is 0 Å². The molecular weight excluding hydrogens is 268 g/mol. The van der Waals surface area contributed by atoms with E-state index < -0.39 is 4.92 Å². The summed E-state index contributed by atoms with van der Waals surface area (Å²) < 4.78 is 5.25. The first-order valence-corrected chi connectivity index (χ1v) is 6.17. The van der Waals surface area contributed by atoms with Crippen LogP contribution in [-0.2, 0) is 6.42 Å². The Kier molecular flexibility index (Phi) is 4.06. The van der Waals surface area contributed by atoms with Crippen molar-refractivity contribution < 1.29 is 9.34 Å². The van der Waals surface area contributed by atoms with Gasteiger partial charge in [0, 0.05) is 24.6 Å². The highest BCUT2D eigenvalue weighted by Gasteiger charge is 2.12. The normalized spacial score (nSPS) is 12.1. The van der Waals surface area contributed by atoms with Crippen LogP contribution in [0.4, 0.5) is 11.4 Å². The molecule has 1 aromatic heterocycles. The van der Waals surface area contributed by atoms with E-state index in [1.165, 1.54) is 18.2 Å². The first-order valence-electron chi connectivity index (χ1n) is 5.79. The fourth-order valence-electron chi connectivity index (χ4n) is 1.78. The Balaban J connectivity index is 2.09. The molecule has 2 aromatic rings. The van der Waals surface area contributed by atoms with Gasteiger partial charge in [-0.15, -0.1) is 0 Å². The number of hydrogen-bond acceptors (Lipinski definition) is 4. The highest BCUT2D eigenvalue weighted by atomic mass is 35.5. The zero-order chi connectivity index (χ0) is 13.8. The fourth-order valence-corrected chi connectivity index (χ4v) is 1.96. The molecule has 0 saturated heterocycles. The molecule has 0 bridgehead atoms. The molecule has 0 fully saturated rings. The van der Waals surface area contributed by atoms with Crippen LogP contribution in [0.2, 0.25) is 5.02 Å². The lowest BCUT2D eigenvalue weighted by molar-refractivity contribution is -0.384. The van der Waals surface area contributed by atoms with Crippen molar-refractivity contribution in [2.45, 2.75) is 19.4 Å². The summed E-state index contributed by atoms with van der Waals surface area (Å²) in [4.78, 5) is 10.3. The molecule has 0 aliphatic heterocycles. The summed E-state index contributed by atoms with van der Waals surface area (Å²) >= 11 is 6.02. The highest BCUT2D eigenvalue weighted by molar-refractivity contribution is 6.33. The summed E-state index contributed by atoms with van der Waals surface area (Å²) in [5.74, 6) is 0.849. The van der Waals surface area contributed by atoms with Gasteiger partial charge in [-0.25, -0.2) is 0 Å². The quantitative estimate of drug-likeness (QED) is 0.666. The van der Waals surface area contributed by atoms with Crippen molar-refractivity contribution >= 4 is 23.0 Å². The lowest BCUT2D eigenvalue weighted by Crippen LogP contribution is -2.18. The molecule has 0 aliphatic rings. The van der Waals surface area contributed by atoms with Crippen molar-refractivity contribution in [1.29, 1.82) is 0 Å². The van der Waals surface area contributed by atoms with Crippen LogP contribution in [0.3, 0.4) is 0 Å². The van der Waals surface area contributed by atoms with E-state index in [1.807, 2.05) is 19.1 Å². The number of nitrogens with one attached hydrogen (secondary N) is 1. The topological polar surface area (TPSA) is 68.3 Å². The number of rotatable bonds is 5. The number of hydrogen-bond donors (Lipinski definition) is 1. The number of furan rings is 1. The monoisotopic (exact) mass is 280 g/mol. The van der Waals surface area contributed by atoms with Crippen LogP contribution in [0.15, 0.2) is 41.0 Å². The summed E-state index contributed by atoms with van der Waals surface area (Å²) in [7, 11) is 0. The third kappa shape index (κ3) is 3.48. The third-order valence-electron chi connectivity index (χ3n) is 2.65. The van der Waals surface area contributed by atoms with Crippen molar-refractivity contribution in [3.05, 3.63) is 57.5 Å². The smallest absolute Gasteiger partial charge is 0.271 e. The van der Waals surface area contributed by atoms with E-state index in [1.54, 1.807) is 6.26 Å². The summed E-state index contributed by atoms with van der Waals surface area (Å²) in [6.45, 7) is 1.96. The third-order valence-corrected chi connectivity index (χ3v) is 2.98. The standard InChI is InChI=1S/C13H13ClN2O3/c1-9(7-11-3-2-6-19-11)15-13-8-10(16(17)18)4-5-12(13)14/h2-6,8-9,15H,7H2,1H3. The van der Waals surface area contributed by atoms with Crippen LogP contribution in [0, 0.1) is 10.1 Å². The zero-order valence-electron chi connectivity index (χ0n) is 10.3. The van der Waals surface area contributed by atoms with E-state index in [0.717, 1.165) is 5.76 Å². The predicted octanol–water partition coefficient (Wildman–Crippen LogP) is 3.88. The number of nitrogens with zero attached hydrogens (tertiary/aromatic N) is 1. The molecule has 5 nitrogen and oxygen atoms in total. The van der Waals surface area contributed by atoms with E-state index in [0.29, 0.717) is 17.1 Å². The minimum Gasteiger partial charge on any atom is -0.469 e. The van der Waals surface area contributed by atoms with Gasteiger partial charge in [0.05, 0.1) is 21.9 Å². The van der Waals surface area contributed by atoms with Crippen LogP contribution in [0.1, 0.15) is 12.7 Å². The zero-order valence-corrected chi connectivity index (χ0v) is 11.1. The number of anilines is 1. The summed E-state index contributed by atoms with van der Waals surface area (Å²) in [5, 5.41) is 14.3. The van der Waals surface area contributed by atoms with Gasteiger partial charge < -0.3 is 9.73 Å². The largest absolute Gasteiger partial charge is 0.469 e. The van der Waals surface area contributed by atoms with Gasteiger partial charge in [-0.1, -0.05) is 11.6 Å². The van der Waals surface area contributed by atoms with Crippen molar-refractivity contribution in [2.75, 3.05) is 5.32 Å². The second-order valence-electron chi connectivity index (χ2n) is 4.25. The van der Waals surface area contributed by atoms with E-state index in [4.69, 9.17) is 16.0 Å². The minimum atomic E-state index is -0.446. The molecule has 0 saturated carbocycles. The van der Waals surface area contributed by atoms with Gasteiger partial charge in [0.2, 0.25) is 0 Å². The number of nitro benzene ring substituents is 1. The summed E-state index contributed by atoms with van der Waals surface area (Å²) in [6, 6.07) is 8.08. The predicted molar refractivity (Wildman–Crippen MR) is 73.6 cm³/mol. The van der Waals surface area contributed by atoms with Crippen LogP contribution in [-0.4, -0.2) is 11.0 Å². The van der Waals surface area contributed by atoms with Crippen molar-refractivity contribution in [3.8, 4) is 0 Å². The average Bonchev–Trinajstić information content (AvgIpc) is 2.84. The molecule has 1 aromatic carbocycles. The molecule has 19 heavy (non-hydrogen) atoms. The van der Waals surface area contributed by atoms with E-state index in [-0.39, 0.29) is 11.7 Å². The molecule has 1 atom stereocenters. The second-order valence-corrected chi connectivity index (χ2v) is 4.66. The number of benzene rings is 1. The SMILES string of the molecule is CC(Cc1ccco1)Nc1cc([N+](=O)[O-])ccc1Cl. The molecule has 0 aliphatic carbocycles. The molecule has 1 N–H and O–H groups in total. The van der Waals surface area contributed by atoms with Gasteiger partial charge in [0.1, 0.15) is 5.76 Å². The summed E-state index contributed by atoms with van der Waals surface area (Å²) in [5.41, 5.74) is 0.562. The van der Waals surface area contributed by atoms with Crippen LogP contribution < -0.4 is 5.32 Å². The minimum absolute atomic E-state index is 0.0112. The maximum absolute atomic E-state index is 10.7. The van der Waals surface area contributed by atoms with E-state index in [9.17, 15) is 10.1 Å². The molecule has 2 rings (SSSR count). The second kappa shape index (κ2) is 5.75. The fraction of sp³-hybridized carbons (Fsp3) is 0.231. The van der Waals surface area contributed by atoms with Crippen LogP contribution in [0.25, 0.3) is 0 Å². The Hall–Kier alpha value is -2.01. The van der Waals surface area contributed by atoms with Crippen molar-refractivity contribution in [2.24, 2.45) is 0 Å². The highest BCUT2D eigenvalue weighted by Crippen LogP contribution is 2.27. The van der Waals surface area contributed by atoms with E-state index >= 15 is 0 Å². The number of halogens is 1. The van der Waals surface area contributed by atoms with Gasteiger partial charge >= 0.3 is 0 Å². The molecule has 6 heteroatoms. The molecule has 1 heterocycles. The molecular formula is C13H13ClN2O3. The maximum atomic E-state index is 10.7. The summed E-state index contributed by atoms with van der Waals surface area (Å²) in [6.07, 6.45) is 2.29.